The van der Waals surface area contributed by atoms with Crippen LogP contribution < -0.4 is 16.8 Å². The van der Waals surface area contributed by atoms with Crippen LogP contribution in [0.3, 0.4) is 0 Å². The van der Waals surface area contributed by atoms with Gasteiger partial charge in [0.15, 0.2) is 5.96 Å². The van der Waals surface area contributed by atoms with Crippen LogP contribution in [0.2, 0.25) is 0 Å². The first-order chi connectivity index (χ1) is 14.6. The molecule has 1 heterocycles. The van der Waals surface area contributed by atoms with Crippen molar-refractivity contribution in [1.29, 1.82) is 0 Å². The minimum Gasteiger partial charge on any atom is -0.478 e. The van der Waals surface area contributed by atoms with Gasteiger partial charge in [-0.2, -0.15) is 12.6 Å². The maximum Gasteiger partial charge on any atom is 0.346 e. The molecule has 11 nitrogen and oxygen atoms in total. The molecule has 1 rings (SSSR count). The Morgan fingerprint density at radius 1 is 1.29 bits per heavy atom. The Morgan fingerprint density at radius 3 is 2.45 bits per heavy atom. The van der Waals surface area contributed by atoms with Crippen LogP contribution in [0.15, 0.2) is 4.99 Å². The van der Waals surface area contributed by atoms with Crippen molar-refractivity contribution in [3.8, 4) is 0 Å². The Labute approximate surface area is 191 Å². The van der Waals surface area contributed by atoms with E-state index in [2.05, 4.69) is 22.9 Å². The summed E-state index contributed by atoms with van der Waals surface area (Å²) in [6, 6.07) is -1.97. The highest BCUT2D eigenvalue weighted by atomic mass is 32.2. The Bertz CT molecular complexity index is 624. The normalized spacial score (nSPS) is 27.8. The van der Waals surface area contributed by atoms with Crippen molar-refractivity contribution in [2.75, 3.05) is 18.1 Å². The molecule has 9 N–H and O–H groups in total. The number of nitrogens with zero attached hydrogens (tertiary/aromatic N) is 1. The molecule has 0 aromatic rings. The third-order valence-electron chi connectivity index (χ3n) is 4.89. The minimum atomic E-state index is -1.82. The number of carbonyl (C=O) groups is 2. The number of aliphatic hydroxyl groups is 3. The van der Waals surface area contributed by atoms with E-state index in [1.54, 1.807) is 0 Å². The summed E-state index contributed by atoms with van der Waals surface area (Å²) in [4.78, 5) is 26.3. The number of rotatable bonds is 13. The van der Waals surface area contributed by atoms with Gasteiger partial charge in [0.2, 0.25) is 10.8 Å². The molecule has 0 aromatic carbocycles. The lowest BCUT2D eigenvalue weighted by Crippen LogP contribution is -2.66. The van der Waals surface area contributed by atoms with Crippen molar-refractivity contribution in [3.05, 3.63) is 0 Å². The van der Waals surface area contributed by atoms with Crippen molar-refractivity contribution >= 4 is 42.2 Å². The fraction of sp³-hybridized carbons (Fsp3) is 0.833. The Balaban J connectivity index is 3.22. The summed E-state index contributed by atoms with van der Waals surface area (Å²) in [5, 5.41) is 42.3. The molecule has 1 aliphatic heterocycles. The lowest BCUT2D eigenvalue weighted by atomic mass is 9.88. The standard InChI is InChI=1S/C18H34N4O7S2/c1-10(24)21-13-11(22-17(19)20)8-18(16(27)28,31-7-5-3-2-4-6-30)29-15(13)14(26)12(25)9-23/h11-15,23,25-26,30H,2-9H2,1H3,(H,21,24)(H,27,28)(H4,19,20,22)/t11-,12+,13+,14+,15+,18?/m0/s1. The van der Waals surface area contributed by atoms with E-state index in [4.69, 9.17) is 16.2 Å². The lowest BCUT2D eigenvalue weighted by molar-refractivity contribution is -0.191. The second-order valence-electron chi connectivity index (χ2n) is 7.42. The smallest absolute Gasteiger partial charge is 0.346 e. The summed E-state index contributed by atoms with van der Waals surface area (Å²) in [5.41, 5.74) is 11.0. The molecule has 1 saturated heterocycles. The number of thiol groups is 1. The fourth-order valence-electron chi connectivity index (χ4n) is 3.40. The van der Waals surface area contributed by atoms with Gasteiger partial charge in [-0.25, -0.2) is 9.79 Å². The third-order valence-corrected chi connectivity index (χ3v) is 6.60. The number of hydrogen-bond donors (Lipinski definition) is 8. The molecule has 1 unspecified atom stereocenters. The van der Waals surface area contributed by atoms with Gasteiger partial charge in [-0.05, 0) is 24.3 Å². The van der Waals surface area contributed by atoms with Crippen molar-refractivity contribution < 1.29 is 34.8 Å². The van der Waals surface area contributed by atoms with E-state index in [0.717, 1.165) is 43.2 Å². The Morgan fingerprint density at radius 2 is 1.94 bits per heavy atom. The average molecular weight is 483 g/mol. The van der Waals surface area contributed by atoms with Crippen molar-refractivity contribution in [3.63, 3.8) is 0 Å². The third kappa shape index (κ3) is 8.31. The SMILES string of the molecule is CC(=O)N[C@H]1[C@H]([C@H](O)[C@H](O)CO)OC(SCCCCCCS)(C(=O)O)C[C@@H]1N=C(N)N. The van der Waals surface area contributed by atoms with E-state index in [1.165, 1.54) is 6.92 Å². The number of carboxylic acids is 1. The molecule has 0 spiro atoms. The first-order valence-electron chi connectivity index (χ1n) is 10.1. The predicted octanol–water partition coefficient (Wildman–Crippen LogP) is -1.36. The van der Waals surface area contributed by atoms with Gasteiger partial charge in [-0.3, -0.25) is 4.79 Å². The number of thioether (sulfide) groups is 1. The first-order valence-corrected chi connectivity index (χ1v) is 11.7. The number of carboxylic acid groups (broad SMARTS) is 1. The van der Waals surface area contributed by atoms with Gasteiger partial charge < -0.3 is 41.9 Å². The van der Waals surface area contributed by atoms with Gasteiger partial charge in [0.1, 0.15) is 18.3 Å². The van der Waals surface area contributed by atoms with Crippen LogP contribution in [-0.2, 0) is 14.3 Å². The monoisotopic (exact) mass is 482 g/mol. The van der Waals surface area contributed by atoms with Crippen LogP contribution in [0.4, 0.5) is 0 Å². The topological polar surface area (TPSA) is 201 Å². The number of aliphatic carboxylic acids is 1. The van der Waals surface area contributed by atoms with Gasteiger partial charge in [0.05, 0.1) is 18.7 Å². The lowest BCUT2D eigenvalue weighted by Gasteiger charge is -2.47. The van der Waals surface area contributed by atoms with E-state index in [-0.39, 0.29) is 12.4 Å². The second-order valence-corrected chi connectivity index (χ2v) is 9.22. The highest BCUT2D eigenvalue weighted by Gasteiger charge is 2.55. The maximum absolute atomic E-state index is 12.3. The Hall–Kier alpha value is -1.25. The number of ether oxygens (including phenoxy) is 1. The van der Waals surface area contributed by atoms with Crippen molar-refractivity contribution in [2.24, 2.45) is 16.5 Å². The number of nitrogens with two attached hydrogens (primary N) is 2. The van der Waals surface area contributed by atoms with Crippen LogP contribution in [0.1, 0.15) is 39.0 Å². The number of nitrogens with one attached hydrogen (secondary N) is 1. The molecule has 180 valence electrons. The molecular weight excluding hydrogens is 448 g/mol. The Kier molecular flexibility index (Phi) is 11.9. The van der Waals surface area contributed by atoms with E-state index in [1.807, 2.05) is 0 Å². The van der Waals surface area contributed by atoms with Gasteiger partial charge in [0.25, 0.3) is 0 Å². The summed E-state index contributed by atoms with van der Waals surface area (Å²) >= 11 is 5.21. The number of aliphatic imine (C=N–C) groups is 1. The highest BCUT2D eigenvalue weighted by molar-refractivity contribution is 8.01. The average Bonchev–Trinajstić information content (AvgIpc) is 2.70. The molecule has 0 radical (unpaired) electrons. The van der Waals surface area contributed by atoms with Gasteiger partial charge in [-0.1, -0.05) is 12.8 Å². The summed E-state index contributed by atoms with van der Waals surface area (Å²) in [6.45, 7) is 0.441. The zero-order valence-corrected chi connectivity index (χ0v) is 19.2. The van der Waals surface area contributed by atoms with Crippen molar-refractivity contribution in [2.45, 2.75) is 74.4 Å². The number of amides is 1. The number of carbonyl (C=O) groups excluding carboxylic acids is 1. The minimum absolute atomic E-state index is 0.176. The van der Waals surface area contributed by atoms with Crippen LogP contribution in [0.5, 0.6) is 0 Å². The molecule has 13 heteroatoms. The molecular formula is C18H34N4O7S2. The molecule has 0 aromatic heterocycles. The quantitative estimate of drug-likeness (QED) is 0.0670. The summed E-state index contributed by atoms with van der Waals surface area (Å²) in [6.07, 6.45) is -1.32. The van der Waals surface area contributed by atoms with E-state index in [9.17, 15) is 30.0 Å². The van der Waals surface area contributed by atoms with Gasteiger partial charge in [0, 0.05) is 13.3 Å². The van der Waals surface area contributed by atoms with E-state index >= 15 is 0 Å². The summed E-state index contributed by atoms with van der Waals surface area (Å²) in [5.74, 6) is -0.856. The molecule has 1 fully saturated rings. The van der Waals surface area contributed by atoms with Crippen LogP contribution in [0.25, 0.3) is 0 Å². The first kappa shape index (κ1) is 27.8. The maximum atomic E-state index is 12.3. The molecule has 1 aliphatic rings. The van der Waals surface area contributed by atoms with E-state index < -0.39 is 53.8 Å². The van der Waals surface area contributed by atoms with Crippen LogP contribution >= 0.6 is 24.4 Å². The number of guanidine groups is 1. The van der Waals surface area contributed by atoms with Crippen LogP contribution in [-0.4, -0.2) is 91.7 Å². The fourth-order valence-corrected chi connectivity index (χ4v) is 4.89. The highest BCUT2D eigenvalue weighted by Crippen LogP contribution is 2.41. The molecule has 0 saturated carbocycles. The zero-order chi connectivity index (χ0) is 23.6. The number of hydrogen-bond acceptors (Lipinski definition) is 9. The van der Waals surface area contributed by atoms with Crippen LogP contribution in [0, 0.1) is 0 Å². The summed E-state index contributed by atoms with van der Waals surface area (Å²) in [7, 11) is 0. The molecule has 1 amide bonds. The predicted molar refractivity (Wildman–Crippen MR) is 121 cm³/mol. The molecule has 6 atom stereocenters. The number of aliphatic hydroxyl groups excluding tert-OH is 3. The molecule has 31 heavy (non-hydrogen) atoms. The molecule has 0 aliphatic carbocycles. The van der Waals surface area contributed by atoms with Gasteiger partial charge >= 0.3 is 5.97 Å². The number of unbranched alkanes of at least 4 members (excludes halogenated alkanes) is 3. The largest absolute Gasteiger partial charge is 0.478 e. The summed E-state index contributed by atoms with van der Waals surface area (Å²) < 4.78 is 5.84. The van der Waals surface area contributed by atoms with E-state index in [0.29, 0.717) is 5.75 Å². The van der Waals surface area contributed by atoms with Gasteiger partial charge in [-0.15, -0.1) is 11.8 Å². The molecule has 0 bridgehead atoms. The zero-order valence-electron chi connectivity index (χ0n) is 17.5. The second kappa shape index (κ2) is 13.3. The van der Waals surface area contributed by atoms with Crippen molar-refractivity contribution in [1.82, 2.24) is 5.32 Å².